The van der Waals surface area contributed by atoms with Crippen molar-refractivity contribution < 1.29 is 14.7 Å². The predicted octanol–water partition coefficient (Wildman–Crippen LogP) is 2.69. The Balaban J connectivity index is 1.96. The Kier molecular flexibility index (Phi) is 5.16. The van der Waals surface area contributed by atoms with Crippen molar-refractivity contribution in [2.75, 3.05) is 0 Å². The smallest absolute Gasteiger partial charge is 0.303 e. The Hall–Kier alpha value is -1.84. The molecule has 1 atom stereocenters. The predicted molar refractivity (Wildman–Crippen MR) is 76.5 cm³/mol. The summed E-state index contributed by atoms with van der Waals surface area (Å²) in [6.45, 7) is 0. The van der Waals surface area contributed by atoms with Gasteiger partial charge in [-0.1, -0.05) is 43.2 Å². The van der Waals surface area contributed by atoms with Crippen molar-refractivity contribution in [1.82, 2.24) is 5.32 Å². The van der Waals surface area contributed by atoms with E-state index in [1.807, 2.05) is 30.3 Å². The van der Waals surface area contributed by atoms with Crippen molar-refractivity contribution in [2.45, 2.75) is 50.5 Å². The number of nitrogens with one attached hydrogen (secondary N) is 1. The highest BCUT2D eigenvalue weighted by molar-refractivity contribution is 5.78. The SMILES string of the molecule is O=C(O)C[C@H](CC(=O)NC1CCCC1)c1ccccc1. The zero-order valence-electron chi connectivity index (χ0n) is 11.5. The normalized spacial score (nSPS) is 16.8. The Morgan fingerprint density at radius 3 is 2.40 bits per heavy atom. The number of carbonyl (C=O) groups is 2. The van der Waals surface area contributed by atoms with Gasteiger partial charge in [0, 0.05) is 18.4 Å². The van der Waals surface area contributed by atoms with Crippen LogP contribution in [0.4, 0.5) is 0 Å². The molecule has 0 unspecified atom stereocenters. The van der Waals surface area contributed by atoms with Crippen molar-refractivity contribution in [3.63, 3.8) is 0 Å². The van der Waals surface area contributed by atoms with E-state index < -0.39 is 5.97 Å². The van der Waals surface area contributed by atoms with Crippen LogP contribution in [0.15, 0.2) is 30.3 Å². The number of rotatable bonds is 6. The van der Waals surface area contributed by atoms with Crippen LogP contribution in [0.5, 0.6) is 0 Å². The van der Waals surface area contributed by atoms with Gasteiger partial charge in [0.05, 0.1) is 6.42 Å². The van der Waals surface area contributed by atoms with Crippen LogP contribution in [0.3, 0.4) is 0 Å². The van der Waals surface area contributed by atoms with Crippen LogP contribution in [-0.4, -0.2) is 23.0 Å². The van der Waals surface area contributed by atoms with Crippen LogP contribution >= 0.6 is 0 Å². The monoisotopic (exact) mass is 275 g/mol. The summed E-state index contributed by atoms with van der Waals surface area (Å²) in [7, 11) is 0. The topological polar surface area (TPSA) is 66.4 Å². The number of hydrogen-bond donors (Lipinski definition) is 2. The maximum atomic E-state index is 12.1. The molecule has 0 heterocycles. The van der Waals surface area contributed by atoms with E-state index in [1.165, 1.54) is 12.8 Å². The van der Waals surface area contributed by atoms with Gasteiger partial charge in [-0.25, -0.2) is 0 Å². The van der Waals surface area contributed by atoms with Crippen LogP contribution in [0, 0.1) is 0 Å². The molecule has 108 valence electrons. The van der Waals surface area contributed by atoms with E-state index in [2.05, 4.69) is 5.32 Å². The molecule has 2 N–H and O–H groups in total. The molecule has 1 aromatic carbocycles. The van der Waals surface area contributed by atoms with Crippen LogP contribution < -0.4 is 5.32 Å². The summed E-state index contributed by atoms with van der Waals surface area (Å²) in [6, 6.07) is 9.69. The first kappa shape index (κ1) is 14.6. The molecule has 1 aliphatic rings. The number of benzene rings is 1. The standard InChI is InChI=1S/C16H21NO3/c18-15(17-14-8-4-5-9-14)10-13(11-16(19)20)12-6-2-1-3-7-12/h1-3,6-7,13-14H,4-5,8-11H2,(H,17,18)(H,19,20)/t13-/m0/s1. The van der Waals surface area contributed by atoms with Crippen LogP contribution in [-0.2, 0) is 9.59 Å². The molecule has 0 aromatic heterocycles. The number of hydrogen-bond acceptors (Lipinski definition) is 2. The van der Waals surface area contributed by atoms with E-state index in [1.54, 1.807) is 0 Å². The van der Waals surface area contributed by atoms with Gasteiger partial charge in [-0.15, -0.1) is 0 Å². The molecule has 4 heteroatoms. The van der Waals surface area contributed by atoms with Gasteiger partial charge in [-0.2, -0.15) is 0 Å². The third kappa shape index (κ3) is 4.37. The van der Waals surface area contributed by atoms with Gasteiger partial charge in [-0.05, 0) is 18.4 Å². The Morgan fingerprint density at radius 2 is 1.80 bits per heavy atom. The maximum Gasteiger partial charge on any atom is 0.303 e. The first-order valence-electron chi connectivity index (χ1n) is 7.21. The van der Waals surface area contributed by atoms with Crippen molar-refractivity contribution in [3.8, 4) is 0 Å². The summed E-state index contributed by atoms with van der Waals surface area (Å²) in [6.07, 6.45) is 4.65. The molecule has 4 nitrogen and oxygen atoms in total. The molecular weight excluding hydrogens is 254 g/mol. The highest BCUT2D eigenvalue weighted by Gasteiger charge is 2.22. The number of aliphatic carboxylic acids is 1. The van der Waals surface area contributed by atoms with Crippen LogP contribution in [0.25, 0.3) is 0 Å². The molecule has 20 heavy (non-hydrogen) atoms. The number of carboxylic acids is 1. The molecule has 1 fully saturated rings. The molecule has 2 rings (SSSR count). The summed E-state index contributed by atoms with van der Waals surface area (Å²) >= 11 is 0. The summed E-state index contributed by atoms with van der Waals surface area (Å²) in [5, 5.41) is 12.0. The Labute approximate surface area is 119 Å². The lowest BCUT2D eigenvalue weighted by Crippen LogP contribution is -2.33. The third-order valence-electron chi connectivity index (χ3n) is 3.84. The summed E-state index contributed by atoms with van der Waals surface area (Å²) in [4.78, 5) is 23.0. The summed E-state index contributed by atoms with van der Waals surface area (Å²) in [5.41, 5.74) is 0.913. The van der Waals surface area contributed by atoms with Crippen molar-refractivity contribution in [2.24, 2.45) is 0 Å². The van der Waals surface area contributed by atoms with Gasteiger partial charge < -0.3 is 10.4 Å². The van der Waals surface area contributed by atoms with Crippen LogP contribution in [0.2, 0.25) is 0 Å². The minimum absolute atomic E-state index is 0.0118. The second kappa shape index (κ2) is 7.08. The summed E-state index contributed by atoms with van der Waals surface area (Å²) < 4.78 is 0. The van der Waals surface area contributed by atoms with Gasteiger partial charge in [0.1, 0.15) is 0 Å². The van der Waals surface area contributed by atoms with Gasteiger partial charge in [-0.3, -0.25) is 9.59 Å². The molecule has 1 aliphatic carbocycles. The van der Waals surface area contributed by atoms with Gasteiger partial charge >= 0.3 is 5.97 Å². The lowest BCUT2D eigenvalue weighted by molar-refractivity contribution is -0.137. The zero-order valence-corrected chi connectivity index (χ0v) is 11.5. The van der Waals surface area contributed by atoms with Crippen LogP contribution in [0.1, 0.15) is 50.0 Å². The van der Waals surface area contributed by atoms with E-state index in [4.69, 9.17) is 5.11 Å². The van der Waals surface area contributed by atoms with Crippen molar-refractivity contribution in [1.29, 1.82) is 0 Å². The zero-order chi connectivity index (χ0) is 14.4. The minimum atomic E-state index is -0.868. The minimum Gasteiger partial charge on any atom is -0.481 e. The molecule has 0 bridgehead atoms. The van der Waals surface area contributed by atoms with Gasteiger partial charge in [0.2, 0.25) is 5.91 Å². The quantitative estimate of drug-likeness (QED) is 0.838. The third-order valence-corrected chi connectivity index (χ3v) is 3.84. The first-order chi connectivity index (χ1) is 9.65. The van der Waals surface area contributed by atoms with Gasteiger partial charge in [0.15, 0.2) is 0 Å². The lowest BCUT2D eigenvalue weighted by Gasteiger charge is -2.17. The molecule has 0 spiro atoms. The summed E-state index contributed by atoms with van der Waals surface area (Å²) in [5.74, 6) is -1.16. The Morgan fingerprint density at radius 1 is 1.15 bits per heavy atom. The number of carbonyl (C=O) groups excluding carboxylic acids is 1. The molecule has 1 saturated carbocycles. The highest BCUT2D eigenvalue weighted by atomic mass is 16.4. The maximum absolute atomic E-state index is 12.1. The first-order valence-corrected chi connectivity index (χ1v) is 7.21. The van der Waals surface area contributed by atoms with Crippen molar-refractivity contribution in [3.05, 3.63) is 35.9 Å². The average Bonchev–Trinajstić information content (AvgIpc) is 2.91. The van der Waals surface area contributed by atoms with E-state index in [9.17, 15) is 9.59 Å². The second-order valence-corrected chi connectivity index (χ2v) is 5.46. The molecule has 1 amide bonds. The Bertz CT molecular complexity index is 452. The fourth-order valence-electron chi connectivity index (χ4n) is 2.82. The van der Waals surface area contributed by atoms with E-state index in [-0.39, 0.29) is 30.7 Å². The number of carboxylic acid groups (broad SMARTS) is 1. The second-order valence-electron chi connectivity index (χ2n) is 5.46. The van der Waals surface area contributed by atoms with E-state index >= 15 is 0 Å². The highest BCUT2D eigenvalue weighted by Crippen LogP contribution is 2.24. The number of amides is 1. The fraction of sp³-hybridized carbons (Fsp3) is 0.500. The van der Waals surface area contributed by atoms with Gasteiger partial charge in [0.25, 0.3) is 0 Å². The molecule has 0 aliphatic heterocycles. The van der Waals surface area contributed by atoms with Crippen molar-refractivity contribution >= 4 is 11.9 Å². The fourth-order valence-corrected chi connectivity index (χ4v) is 2.82. The largest absolute Gasteiger partial charge is 0.481 e. The average molecular weight is 275 g/mol. The lowest BCUT2D eigenvalue weighted by atomic mass is 9.92. The van der Waals surface area contributed by atoms with E-state index in [0.717, 1.165) is 18.4 Å². The molecule has 0 saturated heterocycles. The molecular formula is C16H21NO3. The van der Waals surface area contributed by atoms with E-state index in [0.29, 0.717) is 0 Å². The molecule has 0 radical (unpaired) electrons. The molecule has 1 aromatic rings.